The molecule has 8 nitrogen and oxygen atoms in total. The lowest BCUT2D eigenvalue weighted by atomic mass is 10.0. The Balaban J connectivity index is 2.18. The highest BCUT2D eigenvalue weighted by atomic mass is 35.5. The molecule has 2 amide bonds. The smallest absolute Gasteiger partial charge is 0.304 e. The van der Waals surface area contributed by atoms with Gasteiger partial charge in [-0.1, -0.05) is 78.7 Å². The number of aryl methyl sites for hydroxylation is 2. The minimum absolute atomic E-state index is 0.106. The molecule has 0 aliphatic carbocycles. The van der Waals surface area contributed by atoms with Crippen LogP contribution < -0.4 is 9.62 Å². The highest BCUT2D eigenvalue weighted by Gasteiger charge is 2.36. The number of carbonyl (C=O) groups is 2. The summed E-state index contributed by atoms with van der Waals surface area (Å²) < 4.78 is 29.5. The van der Waals surface area contributed by atoms with Gasteiger partial charge in [-0.25, -0.2) is 4.31 Å². The van der Waals surface area contributed by atoms with E-state index in [0.717, 1.165) is 19.7 Å². The van der Waals surface area contributed by atoms with E-state index in [-0.39, 0.29) is 24.9 Å². The van der Waals surface area contributed by atoms with Crippen molar-refractivity contribution in [3.8, 4) is 0 Å². The van der Waals surface area contributed by atoms with Gasteiger partial charge in [-0.05, 0) is 62.1 Å². The molecule has 0 saturated carbocycles. The van der Waals surface area contributed by atoms with Crippen LogP contribution >= 0.6 is 23.2 Å². The second-order valence-electron chi connectivity index (χ2n) is 10.8. The van der Waals surface area contributed by atoms with Crippen LogP contribution in [0.15, 0.2) is 66.7 Å². The molecule has 0 spiro atoms. The molecule has 3 aromatic carbocycles. The zero-order valence-electron chi connectivity index (χ0n) is 25.5. The summed E-state index contributed by atoms with van der Waals surface area (Å²) in [6.45, 7) is 6.83. The maximum Gasteiger partial charge on any atom is 0.304 e. The number of nitrogens with zero attached hydrogens (tertiary/aromatic N) is 3. The van der Waals surface area contributed by atoms with Gasteiger partial charge in [-0.15, -0.1) is 0 Å². The summed E-state index contributed by atoms with van der Waals surface area (Å²) in [5, 5.41) is 3.68. The van der Waals surface area contributed by atoms with Gasteiger partial charge in [0.05, 0.1) is 5.69 Å². The fraction of sp³-hybridized carbons (Fsp3) is 0.375. The molecular formula is C32H40Cl2N4O4S. The molecule has 3 aromatic rings. The van der Waals surface area contributed by atoms with E-state index in [1.807, 2.05) is 63.2 Å². The summed E-state index contributed by atoms with van der Waals surface area (Å²) in [4.78, 5) is 29.7. The largest absolute Gasteiger partial charge is 0.352 e. The molecule has 11 heteroatoms. The lowest BCUT2D eigenvalue weighted by Crippen LogP contribution is -2.55. The maximum absolute atomic E-state index is 14.4. The van der Waals surface area contributed by atoms with Crippen LogP contribution in [0.5, 0.6) is 0 Å². The zero-order chi connectivity index (χ0) is 31.9. The lowest BCUT2D eigenvalue weighted by Gasteiger charge is -2.35. The first-order valence-corrected chi connectivity index (χ1v) is 16.3. The third-order valence-electron chi connectivity index (χ3n) is 7.31. The summed E-state index contributed by atoms with van der Waals surface area (Å²) >= 11 is 13.1. The summed E-state index contributed by atoms with van der Waals surface area (Å²) in [6, 6.07) is 18.7. The van der Waals surface area contributed by atoms with Crippen LogP contribution in [0.1, 0.15) is 42.5 Å². The van der Waals surface area contributed by atoms with Crippen molar-refractivity contribution < 1.29 is 18.0 Å². The molecule has 0 bridgehead atoms. The average molecular weight is 648 g/mol. The highest BCUT2D eigenvalue weighted by Crippen LogP contribution is 2.29. The minimum Gasteiger partial charge on any atom is -0.352 e. The van der Waals surface area contributed by atoms with Crippen molar-refractivity contribution in [2.45, 2.75) is 59.2 Å². The molecular weight excluding hydrogens is 607 g/mol. The fourth-order valence-corrected chi connectivity index (χ4v) is 6.17. The van der Waals surface area contributed by atoms with Crippen LogP contribution in [0, 0.1) is 13.8 Å². The predicted molar refractivity (Wildman–Crippen MR) is 175 cm³/mol. The highest BCUT2D eigenvalue weighted by molar-refractivity contribution is 7.90. The number of nitrogens with one attached hydrogen (secondary N) is 1. The van der Waals surface area contributed by atoms with Crippen LogP contribution in [0.25, 0.3) is 0 Å². The Labute approximate surface area is 265 Å². The van der Waals surface area contributed by atoms with Crippen molar-refractivity contribution in [2.24, 2.45) is 0 Å². The molecule has 1 N–H and O–H groups in total. The Bertz CT molecular complexity index is 1510. The van der Waals surface area contributed by atoms with E-state index in [9.17, 15) is 18.0 Å². The number of carbonyl (C=O) groups excluding carboxylic acids is 2. The Morgan fingerprint density at radius 2 is 1.56 bits per heavy atom. The molecule has 0 fully saturated rings. The Hall–Kier alpha value is -3.11. The normalized spacial score (nSPS) is 13.0. The van der Waals surface area contributed by atoms with Crippen molar-refractivity contribution >= 4 is 50.9 Å². The van der Waals surface area contributed by atoms with E-state index < -0.39 is 28.7 Å². The van der Waals surface area contributed by atoms with E-state index in [2.05, 4.69) is 5.32 Å². The fourth-order valence-electron chi connectivity index (χ4n) is 4.54. The number of hydrogen-bond donors (Lipinski definition) is 1. The second kappa shape index (κ2) is 15.1. The molecule has 43 heavy (non-hydrogen) atoms. The molecule has 0 unspecified atom stereocenters. The summed E-state index contributed by atoms with van der Waals surface area (Å²) in [5.74, 6) is -0.939. The minimum atomic E-state index is -4.11. The van der Waals surface area contributed by atoms with Crippen LogP contribution in [0.2, 0.25) is 10.0 Å². The molecule has 0 heterocycles. The number of amides is 2. The van der Waals surface area contributed by atoms with E-state index >= 15 is 0 Å². The van der Waals surface area contributed by atoms with Crippen LogP contribution in [0.3, 0.4) is 0 Å². The van der Waals surface area contributed by atoms with E-state index in [1.165, 1.54) is 19.0 Å². The van der Waals surface area contributed by atoms with Crippen molar-refractivity contribution in [2.75, 3.05) is 24.9 Å². The van der Waals surface area contributed by atoms with E-state index in [1.54, 1.807) is 31.2 Å². The lowest BCUT2D eigenvalue weighted by molar-refractivity contribution is -0.140. The topological polar surface area (TPSA) is 90.0 Å². The standard InChI is InChI=1S/C32H40Cl2N4O4S/c1-7-24(4)35-32(40)30(19-25-12-9-8-10-13-25)37(20-26-27(33)14-11-15-28(26)34)31(39)21-38(43(41,42)36(5)6)29-18-22(2)16-17-23(29)3/h8-18,24,30H,7,19-21H2,1-6H3,(H,35,40)/t24-,30-/m0/s1. The maximum atomic E-state index is 14.4. The first-order chi connectivity index (χ1) is 20.3. The summed E-state index contributed by atoms with van der Waals surface area (Å²) in [5.41, 5.74) is 3.19. The van der Waals surface area contributed by atoms with Gasteiger partial charge in [0, 0.05) is 48.7 Å². The average Bonchev–Trinajstić information content (AvgIpc) is 2.96. The van der Waals surface area contributed by atoms with Gasteiger partial charge in [-0.2, -0.15) is 12.7 Å². The number of rotatable bonds is 13. The quantitative estimate of drug-likeness (QED) is 0.255. The molecule has 0 saturated heterocycles. The Morgan fingerprint density at radius 1 is 0.930 bits per heavy atom. The van der Waals surface area contributed by atoms with Gasteiger partial charge in [0.1, 0.15) is 12.6 Å². The monoisotopic (exact) mass is 646 g/mol. The molecule has 0 aliphatic heterocycles. The van der Waals surface area contributed by atoms with Crippen LogP contribution in [-0.2, 0) is 32.8 Å². The second-order valence-corrected chi connectivity index (χ2v) is 13.7. The Morgan fingerprint density at radius 3 is 2.14 bits per heavy atom. The number of hydrogen-bond acceptors (Lipinski definition) is 4. The van der Waals surface area contributed by atoms with E-state index in [4.69, 9.17) is 23.2 Å². The number of anilines is 1. The number of benzene rings is 3. The SMILES string of the molecule is CC[C@H](C)NC(=O)[C@H](Cc1ccccc1)N(Cc1c(Cl)cccc1Cl)C(=O)CN(c1cc(C)ccc1C)S(=O)(=O)N(C)C. The van der Waals surface area contributed by atoms with Crippen molar-refractivity contribution in [1.29, 1.82) is 0 Å². The Kier molecular flexibility index (Phi) is 12.0. The van der Waals surface area contributed by atoms with Crippen LogP contribution in [0.4, 0.5) is 5.69 Å². The van der Waals surface area contributed by atoms with Gasteiger partial charge in [0.25, 0.3) is 0 Å². The van der Waals surface area contributed by atoms with Crippen molar-refractivity contribution in [3.05, 3.63) is 99.0 Å². The molecule has 0 aromatic heterocycles. The first-order valence-electron chi connectivity index (χ1n) is 14.1. The zero-order valence-corrected chi connectivity index (χ0v) is 27.8. The van der Waals surface area contributed by atoms with Crippen molar-refractivity contribution in [3.63, 3.8) is 0 Å². The third kappa shape index (κ3) is 8.72. The summed E-state index contributed by atoms with van der Waals surface area (Å²) in [6.07, 6.45) is 0.885. The van der Waals surface area contributed by atoms with Crippen molar-refractivity contribution in [1.82, 2.24) is 14.5 Å². The molecule has 0 aliphatic rings. The molecule has 2 atom stereocenters. The third-order valence-corrected chi connectivity index (χ3v) is 9.83. The molecule has 0 radical (unpaired) electrons. The van der Waals surface area contributed by atoms with Gasteiger partial charge in [-0.3, -0.25) is 9.59 Å². The molecule has 232 valence electrons. The molecule has 3 rings (SSSR count). The van der Waals surface area contributed by atoms with Gasteiger partial charge >= 0.3 is 10.2 Å². The van der Waals surface area contributed by atoms with Gasteiger partial charge in [0.2, 0.25) is 11.8 Å². The first kappa shape index (κ1) is 34.4. The van der Waals surface area contributed by atoms with Crippen LogP contribution in [-0.4, -0.2) is 62.2 Å². The van der Waals surface area contributed by atoms with Gasteiger partial charge in [0.15, 0.2) is 0 Å². The summed E-state index contributed by atoms with van der Waals surface area (Å²) in [7, 11) is -1.28. The predicted octanol–water partition coefficient (Wildman–Crippen LogP) is 5.78. The van der Waals surface area contributed by atoms with E-state index in [0.29, 0.717) is 33.3 Å². The number of halogens is 2. The van der Waals surface area contributed by atoms with Gasteiger partial charge < -0.3 is 10.2 Å².